The minimum Gasteiger partial charge on any atom is -0.497 e. The Morgan fingerprint density at radius 3 is 2.69 bits per heavy atom. The van der Waals surface area contributed by atoms with Crippen molar-refractivity contribution in [3.8, 4) is 11.5 Å². The molecule has 228 valence electrons. The van der Waals surface area contributed by atoms with Gasteiger partial charge in [-0.3, -0.25) is 9.59 Å². The van der Waals surface area contributed by atoms with Crippen molar-refractivity contribution in [2.75, 3.05) is 39.3 Å². The van der Waals surface area contributed by atoms with Crippen molar-refractivity contribution < 1.29 is 23.8 Å². The lowest BCUT2D eigenvalue weighted by atomic mass is 9.91. The molecule has 2 atom stereocenters. The van der Waals surface area contributed by atoms with Crippen molar-refractivity contribution in [3.05, 3.63) is 39.8 Å². The van der Waals surface area contributed by atoms with Gasteiger partial charge in [0.1, 0.15) is 16.5 Å². The van der Waals surface area contributed by atoms with Crippen molar-refractivity contribution in [3.63, 3.8) is 0 Å². The number of unbranched alkanes of at least 4 members (excludes halogenated alkanes) is 1. The summed E-state index contributed by atoms with van der Waals surface area (Å²) in [5.74, 6) is 1.48. The topological polar surface area (TPSA) is 101 Å². The van der Waals surface area contributed by atoms with Gasteiger partial charge in [-0.1, -0.05) is 13.3 Å². The van der Waals surface area contributed by atoms with Gasteiger partial charge in [-0.25, -0.2) is 0 Å². The Kier molecular flexibility index (Phi) is 10.2. The van der Waals surface area contributed by atoms with Crippen LogP contribution in [0, 0.1) is 5.92 Å². The van der Waals surface area contributed by atoms with Gasteiger partial charge in [0.2, 0.25) is 5.91 Å². The summed E-state index contributed by atoms with van der Waals surface area (Å²) in [6.07, 6.45) is 7.04. The van der Waals surface area contributed by atoms with Crippen LogP contribution in [-0.2, 0) is 28.9 Å². The fraction of sp³-hybridized carbons (Fsp3) is 0.581. The number of anilines is 1. The largest absolute Gasteiger partial charge is 0.497 e. The van der Waals surface area contributed by atoms with Crippen LogP contribution in [0.1, 0.15) is 71.8 Å². The molecule has 0 spiro atoms. The van der Waals surface area contributed by atoms with Crippen LogP contribution >= 0.6 is 23.6 Å². The van der Waals surface area contributed by atoms with Gasteiger partial charge in [0, 0.05) is 48.2 Å². The molecule has 0 bridgehead atoms. The van der Waals surface area contributed by atoms with Crippen molar-refractivity contribution in [2.45, 2.75) is 76.9 Å². The standard InChI is InChI=1S/C31H42N4O5S2/c1-4-5-13-32-29(37)27-24-15-21(9-11-26(24)42-30(27)34-28(36)19-6-7-19)33-31(41)35(22-12-14-40-18-22)17-20-8-10-23(38-2)16-25(20)39-3/h8,10,16,19,21-22H,4-7,9,11-15,17-18H2,1-3H3,(H,32,37)(H,33,41)(H,34,36). The molecule has 5 rings (SSSR count). The zero-order chi connectivity index (χ0) is 29.6. The van der Waals surface area contributed by atoms with Gasteiger partial charge in [-0.15, -0.1) is 11.3 Å². The summed E-state index contributed by atoms with van der Waals surface area (Å²) in [7, 11) is 3.30. The van der Waals surface area contributed by atoms with Gasteiger partial charge in [0.15, 0.2) is 5.11 Å². The molecule has 1 saturated carbocycles. The maximum absolute atomic E-state index is 13.4. The third kappa shape index (κ3) is 7.18. The smallest absolute Gasteiger partial charge is 0.254 e. The molecule has 3 aliphatic rings. The van der Waals surface area contributed by atoms with Crippen LogP contribution in [0.4, 0.5) is 5.00 Å². The highest BCUT2D eigenvalue weighted by molar-refractivity contribution is 7.80. The van der Waals surface area contributed by atoms with Crippen molar-refractivity contribution >= 4 is 45.5 Å². The van der Waals surface area contributed by atoms with E-state index in [1.54, 1.807) is 25.6 Å². The molecule has 2 unspecified atom stereocenters. The number of thiocarbonyl (C=S) groups is 1. The Hall–Kier alpha value is -2.89. The number of nitrogens with one attached hydrogen (secondary N) is 3. The molecular formula is C31H42N4O5S2. The third-order valence-corrected chi connectivity index (χ3v) is 9.82. The summed E-state index contributed by atoms with van der Waals surface area (Å²) in [5.41, 5.74) is 2.67. The van der Waals surface area contributed by atoms with Crippen LogP contribution in [0.25, 0.3) is 0 Å². The average molecular weight is 615 g/mol. The highest BCUT2D eigenvalue weighted by Gasteiger charge is 2.35. The van der Waals surface area contributed by atoms with Gasteiger partial charge < -0.3 is 35.1 Å². The molecule has 2 heterocycles. The van der Waals surface area contributed by atoms with E-state index in [1.807, 2.05) is 18.2 Å². The quantitative estimate of drug-likeness (QED) is 0.234. The second kappa shape index (κ2) is 14.1. The molecule has 1 aliphatic heterocycles. The second-order valence-corrected chi connectivity index (χ2v) is 12.8. The van der Waals surface area contributed by atoms with Crippen LogP contribution in [0.5, 0.6) is 11.5 Å². The summed E-state index contributed by atoms with van der Waals surface area (Å²) in [6, 6.07) is 6.06. The zero-order valence-electron chi connectivity index (χ0n) is 24.8. The molecule has 2 aromatic rings. The third-order valence-electron chi connectivity index (χ3n) is 8.26. The van der Waals surface area contributed by atoms with E-state index < -0.39 is 0 Å². The minimum atomic E-state index is -0.105. The van der Waals surface area contributed by atoms with Crippen molar-refractivity contribution in [1.82, 2.24) is 15.5 Å². The Bertz CT molecular complexity index is 1290. The van der Waals surface area contributed by atoms with Crippen molar-refractivity contribution in [1.29, 1.82) is 0 Å². The number of aryl methyl sites for hydroxylation is 1. The number of benzene rings is 1. The lowest BCUT2D eigenvalue weighted by molar-refractivity contribution is -0.117. The lowest BCUT2D eigenvalue weighted by Gasteiger charge is -2.34. The predicted molar refractivity (Wildman–Crippen MR) is 169 cm³/mol. The van der Waals surface area contributed by atoms with Gasteiger partial charge in [0.25, 0.3) is 5.91 Å². The average Bonchev–Trinajstić information content (AvgIpc) is 3.59. The normalized spacial score (nSPS) is 19.5. The Balaban J connectivity index is 1.34. The lowest BCUT2D eigenvalue weighted by Crippen LogP contribution is -2.50. The van der Waals surface area contributed by atoms with Crippen LogP contribution in [-0.4, -0.2) is 67.9 Å². The molecule has 2 fully saturated rings. The number of ether oxygens (including phenoxy) is 3. The van der Waals surface area contributed by atoms with E-state index >= 15 is 0 Å². The van der Waals surface area contributed by atoms with E-state index in [4.69, 9.17) is 26.4 Å². The number of hydrogen-bond donors (Lipinski definition) is 3. The molecule has 9 nitrogen and oxygen atoms in total. The number of carbonyl (C=O) groups excluding carboxylic acids is 2. The number of amides is 2. The number of fused-ring (bicyclic) bond motifs is 1. The number of nitrogens with zero attached hydrogens (tertiary/aromatic N) is 1. The highest BCUT2D eigenvalue weighted by Crippen LogP contribution is 2.40. The van der Waals surface area contributed by atoms with E-state index in [0.29, 0.717) is 48.4 Å². The van der Waals surface area contributed by atoms with E-state index in [1.165, 1.54) is 4.88 Å². The van der Waals surface area contributed by atoms with Gasteiger partial charge in [0.05, 0.1) is 32.4 Å². The first-order valence-corrected chi connectivity index (χ1v) is 16.2. The number of thiophene rings is 1. The zero-order valence-corrected chi connectivity index (χ0v) is 26.4. The molecule has 11 heteroatoms. The number of carbonyl (C=O) groups is 2. The molecule has 1 aromatic heterocycles. The molecule has 0 radical (unpaired) electrons. The van der Waals surface area contributed by atoms with E-state index in [0.717, 1.165) is 67.6 Å². The van der Waals surface area contributed by atoms with Crippen molar-refractivity contribution in [2.24, 2.45) is 5.92 Å². The first-order chi connectivity index (χ1) is 20.4. The summed E-state index contributed by atoms with van der Waals surface area (Å²) < 4.78 is 16.8. The second-order valence-electron chi connectivity index (χ2n) is 11.3. The van der Waals surface area contributed by atoms with Crippen LogP contribution < -0.4 is 25.4 Å². The van der Waals surface area contributed by atoms with Gasteiger partial charge in [-0.2, -0.15) is 0 Å². The summed E-state index contributed by atoms with van der Waals surface area (Å²) >= 11 is 7.59. The molecule has 1 saturated heterocycles. The maximum atomic E-state index is 13.4. The molecule has 1 aromatic carbocycles. The van der Waals surface area contributed by atoms with E-state index in [-0.39, 0.29) is 29.8 Å². The molecule has 2 amide bonds. The first-order valence-electron chi connectivity index (χ1n) is 15.0. The fourth-order valence-corrected chi connectivity index (χ4v) is 7.24. The minimum absolute atomic E-state index is 0.0236. The monoisotopic (exact) mass is 614 g/mol. The fourth-order valence-electron chi connectivity index (χ4n) is 5.62. The SMILES string of the molecule is CCCCNC(=O)c1c(NC(=O)C2CC2)sc2c1CC(NC(=S)N(Cc1ccc(OC)cc1OC)C1CCOC1)CC2. The number of hydrogen-bond acceptors (Lipinski definition) is 7. The summed E-state index contributed by atoms with van der Waals surface area (Å²) in [6.45, 7) is 4.62. The van der Waals surface area contributed by atoms with E-state index in [2.05, 4.69) is 27.8 Å². The molecular weight excluding hydrogens is 572 g/mol. The number of methoxy groups -OCH3 is 2. The van der Waals surface area contributed by atoms with E-state index in [9.17, 15) is 9.59 Å². The van der Waals surface area contributed by atoms with Crippen LogP contribution in [0.2, 0.25) is 0 Å². The van der Waals surface area contributed by atoms with Gasteiger partial charge >= 0.3 is 0 Å². The number of rotatable bonds is 12. The Labute approximate surface area is 257 Å². The molecule has 3 N–H and O–H groups in total. The van der Waals surface area contributed by atoms with Crippen LogP contribution in [0.3, 0.4) is 0 Å². The Morgan fingerprint density at radius 1 is 1.17 bits per heavy atom. The summed E-state index contributed by atoms with van der Waals surface area (Å²) in [5, 5.41) is 11.2. The first kappa shape index (κ1) is 30.6. The summed E-state index contributed by atoms with van der Waals surface area (Å²) in [4.78, 5) is 29.5. The van der Waals surface area contributed by atoms with Crippen LogP contribution in [0.15, 0.2) is 18.2 Å². The maximum Gasteiger partial charge on any atom is 0.254 e. The highest BCUT2D eigenvalue weighted by atomic mass is 32.1. The van der Waals surface area contributed by atoms with Gasteiger partial charge in [-0.05, 0) is 74.9 Å². The Morgan fingerprint density at radius 2 is 2.00 bits per heavy atom. The molecule has 2 aliphatic carbocycles. The molecule has 42 heavy (non-hydrogen) atoms. The predicted octanol–water partition coefficient (Wildman–Crippen LogP) is 4.67.